The molecular formula is C17H26N4O. The van der Waals surface area contributed by atoms with Crippen molar-refractivity contribution in [1.29, 1.82) is 0 Å². The van der Waals surface area contributed by atoms with Gasteiger partial charge in [0.15, 0.2) is 0 Å². The zero-order valence-corrected chi connectivity index (χ0v) is 13.2. The monoisotopic (exact) mass is 302 g/mol. The van der Waals surface area contributed by atoms with E-state index in [2.05, 4.69) is 26.0 Å². The molecule has 1 aliphatic carbocycles. The van der Waals surface area contributed by atoms with Crippen molar-refractivity contribution in [2.75, 3.05) is 31.1 Å². The molecule has 0 bridgehead atoms. The van der Waals surface area contributed by atoms with Crippen molar-refractivity contribution in [3.8, 4) is 0 Å². The molecule has 1 unspecified atom stereocenters. The highest BCUT2D eigenvalue weighted by Gasteiger charge is 2.28. The third kappa shape index (κ3) is 3.58. The van der Waals surface area contributed by atoms with Crippen LogP contribution in [0.25, 0.3) is 0 Å². The fourth-order valence-corrected chi connectivity index (χ4v) is 3.64. The van der Waals surface area contributed by atoms with Crippen LogP contribution in [-0.4, -0.2) is 53.0 Å². The Kier molecular flexibility index (Phi) is 5.27. The number of piperazine rings is 1. The SMILES string of the molecule is O/N=C1\CCCCCCC1N1CCN(c2ccccn2)CC1. The van der Waals surface area contributed by atoms with Crippen LogP contribution in [0.2, 0.25) is 0 Å². The van der Waals surface area contributed by atoms with Gasteiger partial charge < -0.3 is 10.1 Å². The van der Waals surface area contributed by atoms with Crippen LogP contribution < -0.4 is 4.90 Å². The molecule has 1 saturated carbocycles. The Morgan fingerprint density at radius 2 is 1.86 bits per heavy atom. The fraction of sp³-hybridized carbons (Fsp3) is 0.647. The Balaban J connectivity index is 1.61. The summed E-state index contributed by atoms with van der Waals surface area (Å²) in [5.74, 6) is 1.07. The molecule has 1 aliphatic heterocycles. The summed E-state index contributed by atoms with van der Waals surface area (Å²) in [6, 6.07) is 6.40. The van der Waals surface area contributed by atoms with E-state index in [9.17, 15) is 5.21 Å². The number of hydrogen-bond acceptors (Lipinski definition) is 5. The Labute approximate surface area is 132 Å². The van der Waals surface area contributed by atoms with Gasteiger partial charge in [-0.1, -0.05) is 30.5 Å². The molecule has 2 heterocycles. The van der Waals surface area contributed by atoms with E-state index in [0.717, 1.165) is 57.0 Å². The van der Waals surface area contributed by atoms with Crippen LogP contribution in [0.1, 0.15) is 38.5 Å². The maximum Gasteiger partial charge on any atom is 0.128 e. The van der Waals surface area contributed by atoms with E-state index in [1.165, 1.54) is 19.3 Å². The topological polar surface area (TPSA) is 52.0 Å². The molecule has 0 amide bonds. The molecule has 0 spiro atoms. The Hall–Kier alpha value is -1.62. The summed E-state index contributed by atoms with van der Waals surface area (Å²) in [5, 5.41) is 13.0. The normalized spacial score (nSPS) is 26.6. The molecule has 5 heteroatoms. The lowest BCUT2D eigenvalue weighted by Gasteiger charge is -2.40. The van der Waals surface area contributed by atoms with Gasteiger partial charge >= 0.3 is 0 Å². The smallest absolute Gasteiger partial charge is 0.128 e. The molecule has 1 aromatic rings. The third-order valence-corrected chi connectivity index (χ3v) is 4.90. The zero-order valence-electron chi connectivity index (χ0n) is 13.2. The summed E-state index contributed by atoms with van der Waals surface area (Å²) in [5.41, 5.74) is 0.992. The number of aromatic nitrogens is 1. The first-order valence-corrected chi connectivity index (χ1v) is 8.49. The van der Waals surface area contributed by atoms with Gasteiger partial charge in [0.1, 0.15) is 5.82 Å². The minimum absolute atomic E-state index is 0.330. The van der Waals surface area contributed by atoms with Crippen LogP contribution in [0, 0.1) is 0 Å². The highest BCUT2D eigenvalue weighted by atomic mass is 16.4. The summed E-state index contributed by atoms with van der Waals surface area (Å²) in [7, 11) is 0. The summed E-state index contributed by atoms with van der Waals surface area (Å²) < 4.78 is 0. The predicted octanol–water partition coefficient (Wildman–Crippen LogP) is 2.76. The number of rotatable bonds is 2. The summed E-state index contributed by atoms with van der Waals surface area (Å²) in [6.45, 7) is 4.01. The van der Waals surface area contributed by atoms with Gasteiger partial charge in [-0.2, -0.15) is 0 Å². The van der Waals surface area contributed by atoms with E-state index < -0.39 is 0 Å². The van der Waals surface area contributed by atoms with Gasteiger partial charge in [0.2, 0.25) is 0 Å². The Morgan fingerprint density at radius 3 is 2.59 bits per heavy atom. The second kappa shape index (κ2) is 7.58. The molecule has 5 nitrogen and oxygen atoms in total. The highest BCUT2D eigenvalue weighted by molar-refractivity contribution is 5.89. The number of pyridine rings is 1. The van der Waals surface area contributed by atoms with Gasteiger partial charge in [0, 0.05) is 32.4 Å². The van der Waals surface area contributed by atoms with Crippen LogP contribution in [0.15, 0.2) is 29.6 Å². The molecule has 1 N–H and O–H groups in total. The van der Waals surface area contributed by atoms with Gasteiger partial charge in [-0.15, -0.1) is 0 Å². The molecule has 1 atom stereocenters. The molecule has 120 valence electrons. The van der Waals surface area contributed by atoms with Crippen LogP contribution in [0.3, 0.4) is 0 Å². The predicted molar refractivity (Wildman–Crippen MR) is 88.7 cm³/mol. The molecule has 0 aromatic carbocycles. The van der Waals surface area contributed by atoms with Crippen molar-refractivity contribution >= 4 is 11.5 Å². The lowest BCUT2D eigenvalue weighted by molar-refractivity contribution is 0.205. The van der Waals surface area contributed by atoms with E-state index in [1.807, 2.05) is 18.3 Å². The maximum atomic E-state index is 9.38. The summed E-state index contributed by atoms with van der Waals surface area (Å²) >= 11 is 0. The van der Waals surface area contributed by atoms with E-state index >= 15 is 0 Å². The maximum absolute atomic E-state index is 9.38. The first kappa shape index (κ1) is 15.3. The molecule has 1 aromatic heterocycles. The van der Waals surface area contributed by atoms with E-state index in [4.69, 9.17) is 0 Å². The molecule has 1 saturated heterocycles. The minimum atomic E-state index is 0.330. The van der Waals surface area contributed by atoms with Gasteiger partial charge in [0.05, 0.1) is 11.8 Å². The fourth-order valence-electron chi connectivity index (χ4n) is 3.64. The first-order chi connectivity index (χ1) is 10.9. The van der Waals surface area contributed by atoms with Gasteiger partial charge in [-0.25, -0.2) is 4.98 Å². The number of anilines is 1. The van der Waals surface area contributed by atoms with Crippen molar-refractivity contribution < 1.29 is 5.21 Å². The highest BCUT2D eigenvalue weighted by Crippen LogP contribution is 2.22. The molecular weight excluding hydrogens is 276 g/mol. The number of hydrogen-bond donors (Lipinski definition) is 1. The van der Waals surface area contributed by atoms with Crippen molar-refractivity contribution in [1.82, 2.24) is 9.88 Å². The van der Waals surface area contributed by atoms with Crippen LogP contribution in [0.4, 0.5) is 5.82 Å². The quantitative estimate of drug-likeness (QED) is 0.674. The molecule has 22 heavy (non-hydrogen) atoms. The lowest BCUT2D eigenvalue weighted by atomic mass is 9.93. The lowest BCUT2D eigenvalue weighted by Crippen LogP contribution is -2.53. The van der Waals surface area contributed by atoms with Crippen molar-refractivity contribution in [2.45, 2.75) is 44.6 Å². The third-order valence-electron chi connectivity index (χ3n) is 4.90. The van der Waals surface area contributed by atoms with Crippen LogP contribution in [0.5, 0.6) is 0 Å². The summed E-state index contributed by atoms with van der Waals surface area (Å²) in [4.78, 5) is 9.28. The molecule has 3 rings (SSSR count). The second-order valence-corrected chi connectivity index (χ2v) is 6.27. The average molecular weight is 302 g/mol. The standard InChI is InChI=1S/C17H26N4O/c22-19-15-7-3-1-2-4-8-16(15)20-11-13-21(14-12-20)17-9-5-6-10-18-17/h5-6,9-10,16,22H,1-4,7-8,11-14H2/b19-15+. The Bertz CT molecular complexity index is 483. The van der Waals surface area contributed by atoms with E-state index in [1.54, 1.807) is 0 Å². The van der Waals surface area contributed by atoms with Gasteiger partial charge in [-0.05, 0) is 31.4 Å². The van der Waals surface area contributed by atoms with Crippen molar-refractivity contribution in [3.05, 3.63) is 24.4 Å². The van der Waals surface area contributed by atoms with Crippen LogP contribution >= 0.6 is 0 Å². The molecule has 2 aliphatic rings. The van der Waals surface area contributed by atoms with Gasteiger partial charge in [-0.3, -0.25) is 4.90 Å². The van der Waals surface area contributed by atoms with Crippen LogP contribution in [-0.2, 0) is 0 Å². The molecule has 0 radical (unpaired) electrons. The Morgan fingerprint density at radius 1 is 1.05 bits per heavy atom. The first-order valence-electron chi connectivity index (χ1n) is 8.49. The zero-order chi connectivity index (χ0) is 15.2. The van der Waals surface area contributed by atoms with Gasteiger partial charge in [0.25, 0.3) is 0 Å². The summed E-state index contributed by atoms with van der Waals surface area (Å²) in [6.07, 6.45) is 8.90. The average Bonchev–Trinajstić information content (AvgIpc) is 2.56. The number of oxime groups is 1. The second-order valence-electron chi connectivity index (χ2n) is 6.27. The van der Waals surface area contributed by atoms with E-state index in [-0.39, 0.29) is 0 Å². The van der Waals surface area contributed by atoms with Crippen molar-refractivity contribution in [3.63, 3.8) is 0 Å². The number of nitrogens with zero attached hydrogens (tertiary/aromatic N) is 4. The largest absolute Gasteiger partial charge is 0.411 e. The van der Waals surface area contributed by atoms with Crippen molar-refractivity contribution in [2.24, 2.45) is 5.16 Å². The minimum Gasteiger partial charge on any atom is -0.411 e. The molecule has 2 fully saturated rings. The van der Waals surface area contributed by atoms with E-state index in [0.29, 0.717) is 6.04 Å².